The third-order valence-electron chi connectivity index (χ3n) is 7.18. The molecule has 0 saturated carbocycles. The number of carboxylic acid groups (broad SMARTS) is 1. The molecule has 2 amide bonds. The summed E-state index contributed by atoms with van der Waals surface area (Å²) in [4.78, 5) is 44.7. The summed E-state index contributed by atoms with van der Waals surface area (Å²) in [7, 11) is 0. The number of benzene rings is 2. The van der Waals surface area contributed by atoms with E-state index in [9.17, 15) is 14.4 Å². The van der Waals surface area contributed by atoms with Crippen molar-refractivity contribution in [1.82, 2.24) is 14.8 Å². The highest BCUT2D eigenvalue weighted by atomic mass is 16.4. The number of nitrogens with one attached hydrogen (secondary N) is 1. The van der Waals surface area contributed by atoms with Crippen molar-refractivity contribution in [2.75, 3.05) is 13.1 Å². The van der Waals surface area contributed by atoms with Crippen molar-refractivity contribution in [3.8, 4) is 0 Å². The zero-order valence-electron chi connectivity index (χ0n) is 20.2. The summed E-state index contributed by atoms with van der Waals surface area (Å²) in [5.74, 6) is -0.624. The number of carbonyl (C=O) groups is 3. The highest BCUT2D eigenvalue weighted by Crippen LogP contribution is 2.34. The van der Waals surface area contributed by atoms with Crippen molar-refractivity contribution in [3.05, 3.63) is 72.3 Å². The molecule has 3 heterocycles. The van der Waals surface area contributed by atoms with Gasteiger partial charge in [-0.2, -0.15) is 0 Å². The maximum atomic E-state index is 13.8. The van der Waals surface area contributed by atoms with Gasteiger partial charge < -0.3 is 24.3 Å². The number of H-pyrrole nitrogens is 1. The van der Waals surface area contributed by atoms with Crippen LogP contribution < -0.4 is 0 Å². The lowest BCUT2D eigenvalue weighted by Gasteiger charge is -2.51. The molecular weight excluding hydrogens is 458 g/mol. The van der Waals surface area contributed by atoms with E-state index in [1.54, 1.807) is 23.0 Å². The highest BCUT2D eigenvalue weighted by molar-refractivity contribution is 5.95. The van der Waals surface area contributed by atoms with Crippen molar-refractivity contribution < 1.29 is 23.9 Å². The van der Waals surface area contributed by atoms with E-state index in [0.717, 1.165) is 27.2 Å². The number of carbonyl (C=O) groups excluding carboxylic acids is 2. The van der Waals surface area contributed by atoms with Crippen molar-refractivity contribution in [2.24, 2.45) is 0 Å². The summed E-state index contributed by atoms with van der Waals surface area (Å²) in [5.41, 5.74) is 0.943. The first kappa shape index (κ1) is 23.7. The summed E-state index contributed by atoms with van der Waals surface area (Å²) in [5, 5.41) is 12.0. The van der Waals surface area contributed by atoms with Gasteiger partial charge in [-0.15, -0.1) is 0 Å². The van der Waals surface area contributed by atoms with Crippen LogP contribution >= 0.6 is 0 Å². The summed E-state index contributed by atoms with van der Waals surface area (Å²) in [6, 6.07) is 15.6. The minimum atomic E-state index is -0.973. The molecule has 1 aliphatic heterocycles. The molecule has 2 N–H and O–H groups in total. The Morgan fingerprint density at radius 3 is 2.75 bits per heavy atom. The molecule has 8 heteroatoms. The molecule has 8 nitrogen and oxygen atoms in total. The van der Waals surface area contributed by atoms with Gasteiger partial charge in [0.2, 0.25) is 11.8 Å². The molecule has 5 rings (SSSR count). The fourth-order valence-electron chi connectivity index (χ4n) is 5.03. The number of carboxylic acids is 1. The molecule has 1 aliphatic rings. The third kappa shape index (κ3) is 4.46. The number of fused-ring (bicyclic) bond motifs is 2. The maximum Gasteiger partial charge on any atom is 0.303 e. The van der Waals surface area contributed by atoms with E-state index in [2.05, 4.69) is 4.98 Å². The number of aromatic amines is 1. The molecule has 1 unspecified atom stereocenters. The van der Waals surface area contributed by atoms with Crippen LogP contribution in [0.2, 0.25) is 0 Å². The first-order valence-electron chi connectivity index (χ1n) is 12.2. The second-order valence-corrected chi connectivity index (χ2v) is 9.62. The van der Waals surface area contributed by atoms with Gasteiger partial charge in [0.05, 0.1) is 12.7 Å². The largest absolute Gasteiger partial charge is 0.481 e. The first-order valence-corrected chi connectivity index (χ1v) is 12.2. The van der Waals surface area contributed by atoms with Gasteiger partial charge in [0.25, 0.3) is 0 Å². The molecule has 2 aromatic heterocycles. The molecule has 1 atom stereocenters. The summed E-state index contributed by atoms with van der Waals surface area (Å²) in [6.07, 6.45) is 4.47. The van der Waals surface area contributed by atoms with Crippen LogP contribution in [0.1, 0.15) is 37.5 Å². The Morgan fingerprint density at radius 1 is 1.14 bits per heavy atom. The Hall–Kier alpha value is -4.07. The van der Waals surface area contributed by atoms with Crippen molar-refractivity contribution in [3.63, 3.8) is 0 Å². The van der Waals surface area contributed by atoms with E-state index in [4.69, 9.17) is 9.52 Å². The van der Waals surface area contributed by atoms with Gasteiger partial charge in [-0.25, -0.2) is 0 Å². The smallest absolute Gasteiger partial charge is 0.303 e. The summed E-state index contributed by atoms with van der Waals surface area (Å²) < 4.78 is 5.66. The van der Waals surface area contributed by atoms with Gasteiger partial charge in [0.1, 0.15) is 11.3 Å². The SMILES string of the molecule is CC1(C(=O)N(CCCC(=O)O)Cc2ccc3cc[nH]c3c2)CCN1C(=O)Cc1occ2ccccc12. The Bertz CT molecular complexity index is 1440. The van der Waals surface area contributed by atoms with Crippen molar-refractivity contribution in [1.29, 1.82) is 0 Å². The van der Waals surface area contributed by atoms with Crippen LogP contribution in [0.25, 0.3) is 21.7 Å². The lowest BCUT2D eigenvalue weighted by Crippen LogP contribution is -2.68. The number of aromatic nitrogens is 1. The number of hydrogen-bond acceptors (Lipinski definition) is 4. The standard InChI is InChI=1S/C28H29N3O5/c1-28(11-14-31(28)25(32)16-24-22-6-3-2-5-21(22)18-36-24)27(35)30(13-4-7-26(33)34)17-19-8-9-20-10-12-29-23(20)15-19/h2-3,5-6,8-10,12,15,18,29H,4,7,11,13-14,16-17H2,1H3,(H,33,34). The van der Waals surface area contributed by atoms with Crippen LogP contribution in [0.3, 0.4) is 0 Å². The van der Waals surface area contributed by atoms with E-state index >= 15 is 0 Å². The Kier molecular flexibility index (Phi) is 6.26. The van der Waals surface area contributed by atoms with Crippen LogP contribution in [-0.2, 0) is 27.3 Å². The molecule has 1 fully saturated rings. The number of nitrogens with zero attached hydrogens (tertiary/aromatic N) is 2. The average Bonchev–Trinajstić information content (AvgIpc) is 3.48. The molecule has 36 heavy (non-hydrogen) atoms. The molecule has 4 aromatic rings. The molecule has 0 spiro atoms. The number of likely N-dealkylation sites (tertiary alicyclic amines) is 1. The predicted molar refractivity (Wildman–Crippen MR) is 135 cm³/mol. The molecule has 0 radical (unpaired) electrons. The lowest BCUT2D eigenvalue weighted by atomic mass is 9.84. The number of amides is 2. The Balaban J connectivity index is 1.34. The topological polar surface area (TPSA) is 107 Å². The first-order chi connectivity index (χ1) is 17.3. The van der Waals surface area contributed by atoms with Gasteiger partial charge in [-0.05, 0) is 42.8 Å². The average molecular weight is 488 g/mol. The van der Waals surface area contributed by atoms with Crippen molar-refractivity contribution >= 4 is 39.5 Å². The molecule has 0 aliphatic carbocycles. The third-order valence-corrected chi connectivity index (χ3v) is 7.18. The fraction of sp³-hybridized carbons (Fsp3) is 0.321. The van der Waals surface area contributed by atoms with Gasteiger partial charge in [-0.1, -0.05) is 36.4 Å². The number of furan rings is 1. The van der Waals surface area contributed by atoms with E-state index in [0.29, 0.717) is 38.2 Å². The van der Waals surface area contributed by atoms with E-state index in [1.807, 2.05) is 54.7 Å². The lowest BCUT2D eigenvalue weighted by molar-refractivity contribution is -0.164. The monoisotopic (exact) mass is 487 g/mol. The predicted octanol–water partition coefficient (Wildman–Crippen LogP) is 4.34. The summed E-state index contributed by atoms with van der Waals surface area (Å²) >= 11 is 0. The van der Waals surface area contributed by atoms with Crippen LogP contribution in [0.15, 0.2) is 65.4 Å². The minimum Gasteiger partial charge on any atom is -0.481 e. The summed E-state index contributed by atoms with van der Waals surface area (Å²) in [6.45, 7) is 2.94. The second-order valence-electron chi connectivity index (χ2n) is 9.62. The molecule has 0 bridgehead atoms. The quantitative estimate of drug-likeness (QED) is 0.365. The zero-order chi connectivity index (χ0) is 25.3. The van der Waals surface area contributed by atoms with Crippen LogP contribution in [0.5, 0.6) is 0 Å². The van der Waals surface area contributed by atoms with E-state index < -0.39 is 11.5 Å². The van der Waals surface area contributed by atoms with Gasteiger partial charge in [0.15, 0.2) is 0 Å². The van der Waals surface area contributed by atoms with E-state index in [-0.39, 0.29) is 24.7 Å². The van der Waals surface area contributed by atoms with Gasteiger partial charge >= 0.3 is 5.97 Å². The van der Waals surface area contributed by atoms with Crippen molar-refractivity contribution in [2.45, 2.75) is 44.7 Å². The minimum absolute atomic E-state index is 0.0234. The highest BCUT2D eigenvalue weighted by Gasteiger charge is 2.51. The van der Waals surface area contributed by atoms with Crippen LogP contribution in [-0.4, -0.2) is 56.3 Å². The number of rotatable bonds is 9. The zero-order valence-corrected chi connectivity index (χ0v) is 20.2. The Morgan fingerprint density at radius 2 is 1.97 bits per heavy atom. The number of hydrogen-bond donors (Lipinski definition) is 2. The number of aliphatic carboxylic acids is 1. The fourth-order valence-corrected chi connectivity index (χ4v) is 5.03. The maximum absolute atomic E-state index is 13.8. The Labute approximate surface area is 208 Å². The molecule has 2 aromatic carbocycles. The molecule has 186 valence electrons. The van der Waals surface area contributed by atoms with Gasteiger partial charge in [0, 0.05) is 48.5 Å². The van der Waals surface area contributed by atoms with Crippen LogP contribution in [0, 0.1) is 0 Å². The normalized spacial score (nSPS) is 17.3. The van der Waals surface area contributed by atoms with E-state index in [1.165, 1.54) is 0 Å². The van der Waals surface area contributed by atoms with Crippen LogP contribution in [0.4, 0.5) is 0 Å². The second kappa shape index (κ2) is 9.53. The molecule has 1 saturated heterocycles. The van der Waals surface area contributed by atoms with Gasteiger partial charge in [-0.3, -0.25) is 14.4 Å². The molecular formula is C28H29N3O5.